The van der Waals surface area contributed by atoms with E-state index in [0.29, 0.717) is 11.7 Å². The Bertz CT molecular complexity index is 1380. The van der Waals surface area contributed by atoms with Gasteiger partial charge in [0, 0.05) is 51.6 Å². The predicted octanol–water partition coefficient (Wildman–Crippen LogP) is 4.56. The minimum Gasteiger partial charge on any atom is -0.497 e. The highest BCUT2D eigenvalue weighted by atomic mass is 32.2. The summed E-state index contributed by atoms with van der Waals surface area (Å²) in [6.45, 7) is 4.36. The maximum atomic E-state index is 6.34. The van der Waals surface area contributed by atoms with Crippen molar-refractivity contribution in [1.82, 2.24) is 24.3 Å². The van der Waals surface area contributed by atoms with E-state index in [2.05, 4.69) is 45.8 Å². The largest absolute Gasteiger partial charge is 0.497 e. The highest BCUT2D eigenvalue weighted by molar-refractivity contribution is 7.99. The van der Waals surface area contributed by atoms with Gasteiger partial charge in [-0.15, -0.1) is 0 Å². The maximum Gasteiger partial charge on any atom is 0.119 e. The number of nitrogens with zero attached hydrogens (tertiary/aromatic N) is 6. The van der Waals surface area contributed by atoms with E-state index < -0.39 is 0 Å². The van der Waals surface area contributed by atoms with Gasteiger partial charge in [0.15, 0.2) is 0 Å². The number of benzene rings is 1. The van der Waals surface area contributed by atoms with Crippen molar-refractivity contribution in [2.24, 2.45) is 4.99 Å². The molecule has 0 bridgehead atoms. The van der Waals surface area contributed by atoms with Crippen molar-refractivity contribution in [3.05, 3.63) is 54.1 Å². The second kappa shape index (κ2) is 9.75. The summed E-state index contributed by atoms with van der Waals surface area (Å²) in [5.41, 5.74) is 12.2. The molecule has 5 rings (SSSR count). The molecule has 1 fully saturated rings. The summed E-state index contributed by atoms with van der Waals surface area (Å²) in [7, 11) is 5.62. The van der Waals surface area contributed by atoms with Crippen LogP contribution in [0.1, 0.15) is 30.1 Å². The van der Waals surface area contributed by atoms with Gasteiger partial charge in [0.2, 0.25) is 0 Å². The van der Waals surface area contributed by atoms with Gasteiger partial charge in [0.05, 0.1) is 31.2 Å². The molecular weight excluding hydrogens is 458 g/mol. The smallest absolute Gasteiger partial charge is 0.119 e. The average Bonchev–Trinajstić information content (AvgIpc) is 3.43. The molecule has 0 spiro atoms. The van der Waals surface area contributed by atoms with E-state index in [1.807, 2.05) is 35.3 Å². The van der Waals surface area contributed by atoms with Crippen LogP contribution in [0.15, 0.2) is 57.6 Å². The molecule has 1 aromatic carbocycles. The Kier molecular flexibility index (Phi) is 6.53. The Morgan fingerprint density at radius 3 is 2.69 bits per heavy atom. The Morgan fingerprint density at radius 2 is 1.94 bits per heavy atom. The molecule has 9 heteroatoms. The number of ether oxygens (including phenoxy) is 1. The molecule has 3 aromatic heterocycles. The zero-order valence-corrected chi connectivity index (χ0v) is 21.4. The fraction of sp³-hybridized carbons (Fsp3) is 0.346. The van der Waals surface area contributed by atoms with E-state index in [-0.39, 0.29) is 0 Å². The van der Waals surface area contributed by atoms with Gasteiger partial charge in [-0.05, 0) is 64.2 Å². The summed E-state index contributed by atoms with van der Waals surface area (Å²) in [6, 6.07) is 8.64. The SMILES string of the molecule is C/N=C\c1cc(OC)ccc1Sc1cc(-c2cnn(C3CCN(C)CC3)c2C)cn2ncc(N)c12. The third-order valence-electron chi connectivity index (χ3n) is 6.70. The Labute approximate surface area is 209 Å². The first-order chi connectivity index (χ1) is 17.0. The second-order valence-corrected chi connectivity index (χ2v) is 10.1. The number of hydrogen-bond donors (Lipinski definition) is 1. The fourth-order valence-corrected chi connectivity index (χ4v) is 5.85. The standard InChI is InChI=1S/C26H31N7OS/c1-17-22(14-30-33(17)20-7-9-31(3)10-8-20)19-12-25(26-23(27)15-29-32(26)16-19)35-24-6-5-21(34-4)11-18(24)13-28-2/h5-6,11-16,20H,7-10,27H2,1-4H3/b28-13-. The Balaban J connectivity index is 1.56. The topological polar surface area (TPSA) is 86.0 Å². The zero-order valence-electron chi connectivity index (χ0n) is 20.6. The van der Waals surface area contributed by atoms with Crippen LogP contribution in [0.5, 0.6) is 5.75 Å². The van der Waals surface area contributed by atoms with Crippen LogP contribution in [0.3, 0.4) is 0 Å². The van der Waals surface area contributed by atoms with Gasteiger partial charge in [-0.2, -0.15) is 10.2 Å². The predicted molar refractivity (Wildman–Crippen MR) is 142 cm³/mol. The summed E-state index contributed by atoms with van der Waals surface area (Å²) in [6.07, 6.45) is 9.82. The van der Waals surface area contributed by atoms with Gasteiger partial charge in [-0.1, -0.05) is 11.8 Å². The molecule has 182 valence electrons. The first kappa shape index (κ1) is 23.4. The lowest BCUT2D eigenvalue weighted by atomic mass is 10.0. The van der Waals surface area contributed by atoms with Crippen molar-refractivity contribution >= 4 is 29.2 Å². The number of nitrogen functional groups attached to an aromatic ring is 1. The van der Waals surface area contributed by atoms with E-state index >= 15 is 0 Å². The van der Waals surface area contributed by atoms with Crippen LogP contribution in [-0.2, 0) is 0 Å². The van der Waals surface area contributed by atoms with Crippen molar-refractivity contribution in [2.75, 3.05) is 40.0 Å². The summed E-state index contributed by atoms with van der Waals surface area (Å²) in [4.78, 5) is 8.71. The molecule has 1 saturated heterocycles. The average molecular weight is 490 g/mol. The van der Waals surface area contributed by atoms with Crippen LogP contribution in [0, 0.1) is 6.92 Å². The summed E-state index contributed by atoms with van der Waals surface area (Å²) in [5, 5.41) is 9.33. The van der Waals surface area contributed by atoms with Crippen molar-refractivity contribution < 1.29 is 4.74 Å². The number of hydrogen-bond acceptors (Lipinski definition) is 7. The molecule has 0 unspecified atom stereocenters. The third kappa shape index (κ3) is 4.53. The van der Waals surface area contributed by atoms with Crippen LogP contribution in [0.25, 0.3) is 16.6 Å². The molecule has 1 aliphatic heterocycles. The van der Waals surface area contributed by atoms with Crippen LogP contribution in [0.2, 0.25) is 0 Å². The number of anilines is 1. The lowest BCUT2D eigenvalue weighted by molar-refractivity contribution is 0.210. The number of fused-ring (bicyclic) bond motifs is 1. The number of pyridine rings is 1. The van der Waals surface area contributed by atoms with E-state index in [4.69, 9.17) is 15.6 Å². The van der Waals surface area contributed by atoms with E-state index in [0.717, 1.165) is 63.7 Å². The normalized spacial score (nSPS) is 15.4. The monoisotopic (exact) mass is 489 g/mol. The lowest BCUT2D eigenvalue weighted by Crippen LogP contribution is -2.32. The van der Waals surface area contributed by atoms with Crippen molar-refractivity contribution in [2.45, 2.75) is 35.6 Å². The molecule has 8 nitrogen and oxygen atoms in total. The van der Waals surface area contributed by atoms with Crippen molar-refractivity contribution in [3.63, 3.8) is 0 Å². The molecule has 4 aromatic rings. The first-order valence-corrected chi connectivity index (χ1v) is 12.6. The summed E-state index contributed by atoms with van der Waals surface area (Å²) in [5.74, 6) is 0.795. The van der Waals surface area contributed by atoms with Crippen LogP contribution in [-0.4, -0.2) is 64.8 Å². The minimum atomic E-state index is 0.438. The zero-order chi connectivity index (χ0) is 24.5. The van der Waals surface area contributed by atoms with Gasteiger partial charge in [-0.25, -0.2) is 4.52 Å². The molecule has 0 atom stereocenters. The van der Waals surface area contributed by atoms with E-state index in [1.165, 1.54) is 5.69 Å². The minimum absolute atomic E-state index is 0.438. The van der Waals surface area contributed by atoms with Gasteiger partial charge in [-0.3, -0.25) is 9.67 Å². The van der Waals surface area contributed by atoms with Crippen molar-refractivity contribution in [3.8, 4) is 16.9 Å². The highest BCUT2D eigenvalue weighted by Gasteiger charge is 2.22. The van der Waals surface area contributed by atoms with Crippen LogP contribution >= 0.6 is 11.8 Å². The number of rotatable bonds is 6. The van der Waals surface area contributed by atoms with Gasteiger partial charge in [0.1, 0.15) is 11.3 Å². The van der Waals surface area contributed by atoms with Gasteiger partial charge in [0.25, 0.3) is 0 Å². The molecule has 35 heavy (non-hydrogen) atoms. The third-order valence-corrected chi connectivity index (χ3v) is 7.82. The highest BCUT2D eigenvalue weighted by Crippen LogP contribution is 2.39. The number of aliphatic imine (C=N–C) groups is 1. The quantitative estimate of drug-likeness (QED) is 0.400. The molecule has 4 heterocycles. The van der Waals surface area contributed by atoms with Crippen LogP contribution in [0.4, 0.5) is 5.69 Å². The maximum absolute atomic E-state index is 6.34. The molecule has 1 aliphatic rings. The Hall–Kier alpha value is -3.30. The number of likely N-dealkylation sites (tertiary alicyclic amines) is 1. The molecule has 0 radical (unpaired) electrons. The molecule has 0 amide bonds. The van der Waals surface area contributed by atoms with Crippen molar-refractivity contribution in [1.29, 1.82) is 0 Å². The first-order valence-electron chi connectivity index (χ1n) is 11.8. The van der Waals surface area contributed by atoms with Crippen LogP contribution < -0.4 is 10.5 Å². The number of piperidine rings is 1. The van der Waals surface area contributed by atoms with Gasteiger partial charge >= 0.3 is 0 Å². The fourth-order valence-electron chi connectivity index (χ4n) is 4.75. The Morgan fingerprint density at radius 1 is 1.14 bits per heavy atom. The molecule has 0 aliphatic carbocycles. The number of nitrogens with two attached hydrogens (primary N) is 1. The summed E-state index contributed by atoms with van der Waals surface area (Å²) >= 11 is 1.65. The van der Waals surface area contributed by atoms with Gasteiger partial charge < -0.3 is 15.4 Å². The molecule has 2 N–H and O–H groups in total. The summed E-state index contributed by atoms with van der Waals surface area (Å²) < 4.78 is 9.49. The number of aromatic nitrogens is 4. The number of methoxy groups -OCH3 is 1. The van der Waals surface area contributed by atoms with E-state index in [9.17, 15) is 0 Å². The molecule has 0 saturated carbocycles. The lowest BCUT2D eigenvalue weighted by Gasteiger charge is -2.29. The molecular formula is C26H31N7OS. The van der Waals surface area contributed by atoms with E-state index in [1.54, 1.807) is 32.1 Å². The second-order valence-electron chi connectivity index (χ2n) is 9.00.